The van der Waals surface area contributed by atoms with Gasteiger partial charge in [0.15, 0.2) is 0 Å². The summed E-state index contributed by atoms with van der Waals surface area (Å²) in [6.45, 7) is 1.47. The Hall–Kier alpha value is -3.62. The summed E-state index contributed by atoms with van der Waals surface area (Å²) in [4.78, 5) is 43.5. The summed E-state index contributed by atoms with van der Waals surface area (Å²) in [5.41, 5.74) is 6.65. The number of aliphatic imine (C=N–C) groups is 1. The number of hydrogen-bond acceptors (Lipinski definition) is 8. The molecule has 0 radical (unpaired) electrons. The van der Waals surface area contributed by atoms with Crippen molar-refractivity contribution in [3.05, 3.63) is 71.8 Å². The molecule has 0 fully saturated rings. The Morgan fingerprint density at radius 2 is 1.57 bits per heavy atom. The van der Waals surface area contributed by atoms with Crippen LogP contribution in [0.5, 0.6) is 0 Å². The molecule has 230 valence electrons. The summed E-state index contributed by atoms with van der Waals surface area (Å²) in [7, 11) is -7.63. The van der Waals surface area contributed by atoms with Gasteiger partial charge in [0, 0.05) is 19.3 Å². The van der Waals surface area contributed by atoms with Crippen LogP contribution in [0.15, 0.2) is 65.7 Å². The van der Waals surface area contributed by atoms with Crippen molar-refractivity contribution in [3.63, 3.8) is 0 Å². The predicted molar refractivity (Wildman–Crippen MR) is 162 cm³/mol. The van der Waals surface area contributed by atoms with E-state index in [1.807, 2.05) is 0 Å². The molecule has 2 aromatic carbocycles. The smallest absolute Gasteiger partial charge is 0.241 e. The molecule has 0 heterocycles. The molecule has 0 spiro atoms. The number of nitrogens with zero attached hydrogens (tertiary/aromatic N) is 2. The Morgan fingerprint density at radius 3 is 2.12 bits per heavy atom. The van der Waals surface area contributed by atoms with Crippen molar-refractivity contribution >= 4 is 43.8 Å². The van der Waals surface area contributed by atoms with Crippen LogP contribution < -0.4 is 15.8 Å². The zero-order valence-electron chi connectivity index (χ0n) is 23.8. The molecule has 2 amide bonds. The second kappa shape index (κ2) is 16.7. The Balaban J connectivity index is 2.27. The highest BCUT2D eigenvalue weighted by Crippen LogP contribution is 2.12. The van der Waals surface area contributed by atoms with Crippen molar-refractivity contribution < 1.29 is 31.2 Å². The van der Waals surface area contributed by atoms with Crippen LogP contribution in [0.2, 0.25) is 0 Å². The van der Waals surface area contributed by atoms with Gasteiger partial charge in [-0.05, 0) is 37.3 Å². The second-order valence-electron chi connectivity index (χ2n) is 9.99. The SMILES string of the molecule is CC(N)=NCCCC(C=O)NC(=O)CN(Cc1ccccc1)C(=O)C(CCS(C)(=O)=O)NS(=O)(=O)Cc1ccccc1. The number of carbonyl (C=O) groups is 3. The molecule has 2 rings (SSSR count). The van der Waals surface area contributed by atoms with E-state index in [0.717, 1.165) is 11.2 Å². The first-order chi connectivity index (χ1) is 19.8. The van der Waals surface area contributed by atoms with Gasteiger partial charge in [-0.2, -0.15) is 0 Å². The molecule has 4 N–H and O–H groups in total. The molecular formula is C28H39N5O7S2. The normalized spacial score (nSPS) is 13.6. The zero-order valence-corrected chi connectivity index (χ0v) is 25.4. The van der Waals surface area contributed by atoms with E-state index in [2.05, 4.69) is 15.0 Å². The van der Waals surface area contributed by atoms with Crippen LogP contribution >= 0.6 is 0 Å². The quantitative estimate of drug-likeness (QED) is 0.0943. The molecule has 14 heteroatoms. The van der Waals surface area contributed by atoms with Gasteiger partial charge in [-0.25, -0.2) is 21.6 Å². The summed E-state index contributed by atoms with van der Waals surface area (Å²) in [6.07, 6.45) is 2.03. The van der Waals surface area contributed by atoms with Crippen molar-refractivity contribution in [2.24, 2.45) is 10.7 Å². The number of aldehydes is 1. The molecule has 0 aliphatic heterocycles. The van der Waals surface area contributed by atoms with E-state index in [1.54, 1.807) is 67.6 Å². The van der Waals surface area contributed by atoms with E-state index >= 15 is 0 Å². The molecular weight excluding hydrogens is 582 g/mol. The fourth-order valence-electron chi connectivity index (χ4n) is 4.02. The molecule has 2 aromatic rings. The van der Waals surface area contributed by atoms with Gasteiger partial charge in [-0.3, -0.25) is 14.6 Å². The number of sulfone groups is 1. The minimum absolute atomic E-state index is 0.0564. The van der Waals surface area contributed by atoms with Gasteiger partial charge in [0.2, 0.25) is 21.8 Å². The van der Waals surface area contributed by atoms with Gasteiger partial charge < -0.3 is 20.7 Å². The fraction of sp³-hybridized carbons (Fsp3) is 0.429. The molecule has 12 nitrogen and oxygen atoms in total. The topological polar surface area (TPSA) is 185 Å². The number of amides is 2. The van der Waals surface area contributed by atoms with Crippen LogP contribution in [0.4, 0.5) is 0 Å². The van der Waals surface area contributed by atoms with Crippen molar-refractivity contribution in [2.75, 3.05) is 25.1 Å². The number of carbonyl (C=O) groups excluding carboxylic acids is 3. The van der Waals surface area contributed by atoms with E-state index in [4.69, 9.17) is 5.73 Å². The molecule has 0 aliphatic carbocycles. The lowest BCUT2D eigenvalue weighted by Gasteiger charge is -2.28. The number of benzene rings is 2. The van der Waals surface area contributed by atoms with Gasteiger partial charge in [-0.15, -0.1) is 0 Å². The summed E-state index contributed by atoms with van der Waals surface area (Å²) >= 11 is 0. The van der Waals surface area contributed by atoms with Gasteiger partial charge in [0.25, 0.3) is 0 Å². The van der Waals surface area contributed by atoms with Crippen molar-refractivity contribution in [3.8, 4) is 0 Å². The lowest BCUT2D eigenvalue weighted by molar-refractivity contribution is -0.138. The molecule has 42 heavy (non-hydrogen) atoms. The first-order valence-corrected chi connectivity index (χ1v) is 17.0. The van der Waals surface area contributed by atoms with Crippen LogP contribution in [0.25, 0.3) is 0 Å². The average Bonchev–Trinajstić information content (AvgIpc) is 2.92. The Bertz CT molecular complexity index is 1410. The third-order valence-electron chi connectivity index (χ3n) is 6.00. The third kappa shape index (κ3) is 13.8. The standard InChI is InChI=1S/C28H39N5O7S2/c1-22(29)30-16-9-14-25(20-34)31-27(35)19-33(18-23-10-5-3-6-11-23)28(36)26(15-17-41(2,37)38)32-42(39,40)21-24-12-7-4-8-13-24/h3-8,10-13,20,25-26,32H,9,14-19,21H2,1-2H3,(H2,29,30)(H,31,35). The number of nitrogens with two attached hydrogens (primary N) is 1. The molecule has 2 atom stereocenters. The van der Waals surface area contributed by atoms with E-state index in [-0.39, 0.29) is 13.0 Å². The second-order valence-corrected chi connectivity index (χ2v) is 14.0. The highest BCUT2D eigenvalue weighted by atomic mass is 32.2. The predicted octanol–water partition coefficient (Wildman–Crippen LogP) is 0.779. The molecule has 0 saturated heterocycles. The molecule has 2 unspecified atom stereocenters. The number of hydrogen-bond donors (Lipinski definition) is 3. The van der Waals surface area contributed by atoms with Gasteiger partial charge in [0.1, 0.15) is 22.2 Å². The molecule has 0 bridgehead atoms. The minimum Gasteiger partial charge on any atom is -0.388 e. The number of rotatable bonds is 18. The van der Waals surface area contributed by atoms with E-state index in [0.29, 0.717) is 42.6 Å². The van der Waals surface area contributed by atoms with E-state index in [1.165, 1.54) is 0 Å². The van der Waals surface area contributed by atoms with Crippen molar-refractivity contribution in [2.45, 2.75) is 50.6 Å². The van der Waals surface area contributed by atoms with Gasteiger partial charge >= 0.3 is 0 Å². The lowest BCUT2D eigenvalue weighted by Crippen LogP contribution is -2.52. The third-order valence-corrected chi connectivity index (χ3v) is 8.34. The first kappa shape index (κ1) is 34.6. The first-order valence-electron chi connectivity index (χ1n) is 13.3. The van der Waals surface area contributed by atoms with Crippen LogP contribution in [0.1, 0.15) is 37.3 Å². The maximum Gasteiger partial charge on any atom is 0.241 e. The maximum absolute atomic E-state index is 13.8. The van der Waals surface area contributed by atoms with Crippen LogP contribution in [-0.4, -0.2) is 82.9 Å². The summed E-state index contributed by atoms with van der Waals surface area (Å²) in [6, 6.07) is 14.8. The minimum atomic E-state index is -4.08. The largest absolute Gasteiger partial charge is 0.388 e. The van der Waals surface area contributed by atoms with Crippen LogP contribution in [0, 0.1) is 0 Å². The molecule has 0 saturated carbocycles. The van der Waals surface area contributed by atoms with Crippen LogP contribution in [0.3, 0.4) is 0 Å². The van der Waals surface area contributed by atoms with E-state index < -0.39 is 61.8 Å². The summed E-state index contributed by atoms with van der Waals surface area (Å²) in [5.74, 6) is -1.89. The van der Waals surface area contributed by atoms with Crippen molar-refractivity contribution in [1.82, 2.24) is 14.9 Å². The summed E-state index contributed by atoms with van der Waals surface area (Å²) in [5, 5.41) is 2.59. The van der Waals surface area contributed by atoms with Crippen LogP contribution in [-0.2, 0) is 46.5 Å². The van der Waals surface area contributed by atoms with Crippen molar-refractivity contribution in [1.29, 1.82) is 0 Å². The Kier molecular flexibility index (Phi) is 13.8. The number of sulfonamides is 1. The average molecular weight is 622 g/mol. The molecule has 0 aromatic heterocycles. The highest BCUT2D eigenvalue weighted by molar-refractivity contribution is 7.90. The van der Waals surface area contributed by atoms with Gasteiger partial charge in [-0.1, -0.05) is 60.7 Å². The maximum atomic E-state index is 13.8. The molecule has 0 aliphatic rings. The highest BCUT2D eigenvalue weighted by Gasteiger charge is 2.31. The number of nitrogens with one attached hydrogen (secondary N) is 2. The zero-order chi connectivity index (χ0) is 31.2. The monoisotopic (exact) mass is 621 g/mol. The summed E-state index contributed by atoms with van der Waals surface area (Å²) < 4.78 is 52.3. The van der Waals surface area contributed by atoms with Gasteiger partial charge in [0.05, 0.1) is 29.9 Å². The van der Waals surface area contributed by atoms with E-state index in [9.17, 15) is 31.2 Å². The lowest BCUT2D eigenvalue weighted by atomic mass is 10.1. The fourth-order valence-corrected chi connectivity index (χ4v) is 6.05. The Labute approximate surface area is 247 Å². The Morgan fingerprint density at radius 1 is 0.976 bits per heavy atom. The number of amidine groups is 1.